The summed E-state index contributed by atoms with van der Waals surface area (Å²) in [7, 11) is 1.66. The van der Waals surface area contributed by atoms with Crippen molar-refractivity contribution in [3.8, 4) is 0 Å². The Morgan fingerprint density at radius 3 is 2.80 bits per heavy atom. The quantitative estimate of drug-likeness (QED) is 0.605. The molecular formula is C10H10Cl2N2O. The fourth-order valence-electron chi connectivity index (χ4n) is 1.05. The molecule has 0 saturated heterocycles. The third-order valence-electron chi connectivity index (χ3n) is 1.79. The van der Waals surface area contributed by atoms with Gasteiger partial charge in [-0.15, -0.1) is 6.58 Å². The van der Waals surface area contributed by atoms with Crippen molar-refractivity contribution in [2.24, 2.45) is 0 Å². The molecule has 0 aliphatic carbocycles. The highest BCUT2D eigenvalue weighted by Gasteiger charge is 2.15. The minimum atomic E-state index is -0.205. The van der Waals surface area contributed by atoms with Gasteiger partial charge in [0, 0.05) is 13.6 Å². The maximum atomic E-state index is 11.8. The van der Waals surface area contributed by atoms with Gasteiger partial charge in [-0.25, -0.2) is 4.98 Å². The van der Waals surface area contributed by atoms with Crippen LogP contribution in [0, 0.1) is 0 Å². The molecule has 0 aliphatic rings. The van der Waals surface area contributed by atoms with Crippen LogP contribution < -0.4 is 0 Å². The molecule has 0 aromatic carbocycles. The number of carbonyl (C=O) groups is 1. The molecule has 1 amide bonds. The van der Waals surface area contributed by atoms with Crippen molar-refractivity contribution < 1.29 is 4.79 Å². The lowest BCUT2D eigenvalue weighted by Crippen LogP contribution is -2.27. The average Bonchev–Trinajstić information content (AvgIpc) is 2.17. The number of carbonyl (C=O) groups excluding carboxylic acids is 1. The summed E-state index contributed by atoms with van der Waals surface area (Å²) in [6, 6.07) is 3.09. The van der Waals surface area contributed by atoms with Crippen LogP contribution in [0.1, 0.15) is 10.4 Å². The highest BCUT2D eigenvalue weighted by molar-refractivity contribution is 6.34. The Balaban J connectivity index is 2.96. The number of likely N-dealkylation sites (N-methyl/N-ethyl adjacent to an activating group) is 1. The van der Waals surface area contributed by atoms with Gasteiger partial charge in [0.2, 0.25) is 0 Å². The van der Waals surface area contributed by atoms with Crippen molar-refractivity contribution in [3.63, 3.8) is 0 Å². The Morgan fingerprint density at radius 1 is 1.60 bits per heavy atom. The molecule has 0 fully saturated rings. The number of nitrogens with zero attached hydrogens (tertiary/aromatic N) is 2. The Bertz CT molecular complexity index is 393. The summed E-state index contributed by atoms with van der Waals surface area (Å²) >= 11 is 11.4. The summed E-state index contributed by atoms with van der Waals surface area (Å²) in [5.74, 6) is -0.205. The second-order valence-electron chi connectivity index (χ2n) is 2.95. The highest BCUT2D eigenvalue weighted by Crippen LogP contribution is 2.17. The third-order valence-corrected chi connectivity index (χ3v) is 2.29. The zero-order chi connectivity index (χ0) is 11.4. The average molecular weight is 245 g/mol. The van der Waals surface area contributed by atoms with Crippen LogP contribution in [0.5, 0.6) is 0 Å². The molecule has 0 unspecified atom stereocenters. The van der Waals surface area contributed by atoms with E-state index in [4.69, 9.17) is 23.2 Å². The molecule has 80 valence electrons. The van der Waals surface area contributed by atoms with Gasteiger partial charge in [0.1, 0.15) is 10.3 Å². The van der Waals surface area contributed by atoms with E-state index in [1.807, 2.05) is 0 Å². The second kappa shape index (κ2) is 5.14. The molecule has 0 atom stereocenters. The molecule has 1 aromatic rings. The Hall–Kier alpha value is -1.06. The topological polar surface area (TPSA) is 33.2 Å². The van der Waals surface area contributed by atoms with Gasteiger partial charge in [-0.1, -0.05) is 29.3 Å². The van der Waals surface area contributed by atoms with Gasteiger partial charge in [0.25, 0.3) is 5.91 Å². The Morgan fingerprint density at radius 2 is 2.27 bits per heavy atom. The summed E-state index contributed by atoms with van der Waals surface area (Å²) in [4.78, 5) is 17.1. The van der Waals surface area contributed by atoms with E-state index in [1.165, 1.54) is 11.0 Å². The van der Waals surface area contributed by atoms with Crippen LogP contribution in [0.2, 0.25) is 10.3 Å². The van der Waals surface area contributed by atoms with Crippen LogP contribution in [-0.4, -0.2) is 29.4 Å². The largest absolute Gasteiger partial charge is 0.338 e. The van der Waals surface area contributed by atoms with Gasteiger partial charge in [-0.2, -0.15) is 0 Å². The first kappa shape index (κ1) is 12.0. The van der Waals surface area contributed by atoms with Crippen LogP contribution in [0.4, 0.5) is 0 Å². The number of rotatable bonds is 3. The minimum absolute atomic E-state index is 0.114. The first-order chi connectivity index (χ1) is 7.06. The lowest BCUT2D eigenvalue weighted by molar-refractivity contribution is 0.0810. The molecule has 0 N–H and O–H groups in total. The zero-order valence-corrected chi connectivity index (χ0v) is 9.72. The zero-order valence-electron chi connectivity index (χ0n) is 8.20. The van der Waals surface area contributed by atoms with Crippen LogP contribution in [0.3, 0.4) is 0 Å². The summed E-state index contributed by atoms with van der Waals surface area (Å²) in [5, 5.41) is 0.381. The first-order valence-corrected chi connectivity index (χ1v) is 5.00. The molecule has 1 rings (SSSR count). The lowest BCUT2D eigenvalue weighted by Gasteiger charge is -2.15. The number of pyridine rings is 1. The van der Waals surface area contributed by atoms with Gasteiger partial charge in [-0.3, -0.25) is 4.79 Å². The molecule has 0 spiro atoms. The molecule has 0 saturated carbocycles. The van der Waals surface area contributed by atoms with Crippen molar-refractivity contribution in [1.29, 1.82) is 0 Å². The summed E-state index contributed by atoms with van der Waals surface area (Å²) in [6.07, 6.45) is 1.63. The fourth-order valence-corrected chi connectivity index (χ4v) is 1.48. The molecule has 0 aliphatic heterocycles. The van der Waals surface area contributed by atoms with Crippen LogP contribution >= 0.6 is 23.2 Å². The Kier molecular flexibility index (Phi) is 4.12. The predicted octanol–water partition coefficient (Wildman–Crippen LogP) is 2.65. The summed E-state index contributed by atoms with van der Waals surface area (Å²) in [5.41, 5.74) is 0.338. The van der Waals surface area contributed by atoms with Crippen LogP contribution in [0.25, 0.3) is 0 Å². The molecule has 0 radical (unpaired) electrons. The minimum Gasteiger partial charge on any atom is -0.338 e. The Labute approximate surface area is 98.3 Å². The van der Waals surface area contributed by atoms with E-state index >= 15 is 0 Å². The summed E-state index contributed by atoms with van der Waals surface area (Å²) < 4.78 is 0. The van der Waals surface area contributed by atoms with Crippen molar-refractivity contribution in [2.45, 2.75) is 0 Å². The monoisotopic (exact) mass is 244 g/mol. The summed E-state index contributed by atoms with van der Waals surface area (Å²) in [6.45, 7) is 4.01. The van der Waals surface area contributed by atoms with Crippen molar-refractivity contribution in [2.75, 3.05) is 13.6 Å². The predicted molar refractivity (Wildman–Crippen MR) is 61.4 cm³/mol. The smallest absolute Gasteiger partial charge is 0.257 e. The maximum Gasteiger partial charge on any atom is 0.257 e. The van der Waals surface area contributed by atoms with Gasteiger partial charge >= 0.3 is 0 Å². The molecule has 0 bridgehead atoms. The number of hydrogen-bond acceptors (Lipinski definition) is 2. The number of amides is 1. The standard InChI is InChI=1S/C10H10Cl2N2O/c1-3-6-14(2)10(15)7-4-5-8(11)13-9(7)12/h3-5H,1,6H2,2H3. The highest BCUT2D eigenvalue weighted by atomic mass is 35.5. The van der Waals surface area contributed by atoms with E-state index < -0.39 is 0 Å². The van der Waals surface area contributed by atoms with Crippen molar-refractivity contribution in [1.82, 2.24) is 9.88 Å². The molecule has 1 heterocycles. The van der Waals surface area contributed by atoms with Crippen LogP contribution in [0.15, 0.2) is 24.8 Å². The van der Waals surface area contributed by atoms with Crippen molar-refractivity contribution in [3.05, 3.63) is 40.7 Å². The van der Waals surface area contributed by atoms with E-state index in [0.29, 0.717) is 12.1 Å². The van der Waals surface area contributed by atoms with Gasteiger partial charge in [-0.05, 0) is 12.1 Å². The second-order valence-corrected chi connectivity index (χ2v) is 3.69. The van der Waals surface area contributed by atoms with E-state index in [-0.39, 0.29) is 16.2 Å². The van der Waals surface area contributed by atoms with Gasteiger partial charge < -0.3 is 4.90 Å². The number of aromatic nitrogens is 1. The molecule has 15 heavy (non-hydrogen) atoms. The van der Waals surface area contributed by atoms with E-state index in [1.54, 1.807) is 19.2 Å². The molecule has 1 aromatic heterocycles. The van der Waals surface area contributed by atoms with Crippen LogP contribution in [-0.2, 0) is 0 Å². The fraction of sp³-hybridized carbons (Fsp3) is 0.200. The molecular weight excluding hydrogens is 235 g/mol. The van der Waals surface area contributed by atoms with Crippen molar-refractivity contribution >= 4 is 29.1 Å². The SMILES string of the molecule is C=CCN(C)C(=O)c1ccc(Cl)nc1Cl. The number of hydrogen-bond donors (Lipinski definition) is 0. The molecule has 3 nitrogen and oxygen atoms in total. The normalized spacial score (nSPS) is 9.80. The van der Waals surface area contributed by atoms with E-state index in [0.717, 1.165) is 0 Å². The van der Waals surface area contributed by atoms with E-state index in [2.05, 4.69) is 11.6 Å². The molecule has 5 heteroatoms. The number of halogens is 2. The lowest BCUT2D eigenvalue weighted by atomic mass is 10.2. The first-order valence-electron chi connectivity index (χ1n) is 4.24. The van der Waals surface area contributed by atoms with Gasteiger partial charge in [0.15, 0.2) is 0 Å². The van der Waals surface area contributed by atoms with Gasteiger partial charge in [0.05, 0.1) is 5.56 Å². The third kappa shape index (κ3) is 2.94. The van der Waals surface area contributed by atoms with E-state index in [9.17, 15) is 4.79 Å². The maximum absolute atomic E-state index is 11.8.